The van der Waals surface area contributed by atoms with Gasteiger partial charge in [-0.2, -0.15) is 0 Å². The number of methoxy groups -OCH3 is 2. The highest BCUT2D eigenvalue weighted by atomic mass is 127. The fraction of sp³-hybridized carbons (Fsp3) is 0.269. The molecule has 1 aromatic heterocycles. The van der Waals surface area contributed by atoms with Gasteiger partial charge in [-0.05, 0) is 79.8 Å². The molecule has 37 heavy (non-hydrogen) atoms. The second kappa shape index (κ2) is 11.0. The summed E-state index contributed by atoms with van der Waals surface area (Å²) < 4.78 is 19.8. The van der Waals surface area contributed by atoms with E-state index in [0.717, 1.165) is 4.47 Å². The van der Waals surface area contributed by atoms with Crippen molar-refractivity contribution in [1.82, 2.24) is 4.57 Å². The lowest BCUT2D eigenvalue weighted by Gasteiger charge is -2.26. The highest BCUT2D eigenvalue weighted by Crippen LogP contribution is 2.38. The van der Waals surface area contributed by atoms with Crippen molar-refractivity contribution in [2.24, 2.45) is 4.99 Å². The van der Waals surface area contributed by atoms with Crippen LogP contribution < -0.4 is 24.4 Å². The number of aromatic nitrogens is 1. The number of hydrogen-bond donors (Lipinski definition) is 1. The molecule has 1 aliphatic heterocycles. The molecule has 0 amide bonds. The number of benzene rings is 2. The van der Waals surface area contributed by atoms with E-state index in [-0.39, 0.29) is 23.0 Å². The highest BCUT2D eigenvalue weighted by molar-refractivity contribution is 14.1. The smallest absolute Gasteiger partial charge is 0.338 e. The van der Waals surface area contributed by atoms with Crippen LogP contribution >= 0.6 is 49.9 Å². The SMILES string of the molecule is COc1ccc(OC)c([C@@H]2C(C(=O)OC(C)C)=C(C)N=c3s/c(=C\c4cc(Br)cc(I)c4O)c(=O)n32)c1. The minimum absolute atomic E-state index is 0.0676. The van der Waals surface area contributed by atoms with Crippen molar-refractivity contribution >= 4 is 61.9 Å². The van der Waals surface area contributed by atoms with E-state index < -0.39 is 12.0 Å². The number of ether oxygens (including phenoxy) is 3. The Labute approximate surface area is 239 Å². The molecular weight excluding hydrogens is 675 g/mol. The van der Waals surface area contributed by atoms with Crippen LogP contribution in [-0.4, -0.2) is 36.0 Å². The van der Waals surface area contributed by atoms with Gasteiger partial charge < -0.3 is 19.3 Å². The van der Waals surface area contributed by atoms with Crippen LogP contribution in [0.25, 0.3) is 6.08 Å². The van der Waals surface area contributed by atoms with Crippen molar-refractivity contribution in [2.45, 2.75) is 32.9 Å². The summed E-state index contributed by atoms with van der Waals surface area (Å²) in [6, 6.07) is 7.85. The Morgan fingerprint density at radius 2 is 1.97 bits per heavy atom. The van der Waals surface area contributed by atoms with E-state index in [1.807, 2.05) is 22.6 Å². The summed E-state index contributed by atoms with van der Waals surface area (Å²) in [4.78, 5) is 32.2. The molecule has 1 atom stereocenters. The van der Waals surface area contributed by atoms with E-state index >= 15 is 0 Å². The predicted molar refractivity (Wildman–Crippen MR) is 153 cm³/mol. The van der Waals surface area contributed by atoms with Crippen LogP contribution in [0, 0.1) is 3.57 Å². The number of fused-ring (bicyclic) bond motifs is 1. The molecule has 11 heteroatoms. The molecule has 2 heterocycles. The zero-order valence-electron chi connectivity index (χ0n) is 20.7. The number of phenols is 1. The summed E-state index contributed by atoms with van der Waals surface area (Å²) in [5.41, 5.74) is 1.34. The van der Waals surface area contributed by atoms with E-state index in [1.54, 1.807) is 57.2 Å². The van der Waals surface area contributed by atoms with Crippen molar-refractivity contribution in [3.05, 3.63) is 80.5 Å². The number of carbonyl (C=O) groups excluding carboxylic acids is 1. The largest absolute Gasteiger partial charge is 0.506 e. The van der Waals surface area contributed by atoms with Gasteiger partial charge in [-0.1, -0.05) is 27.3 Å². The molecule has 0 radical (unpaired) electrons. The molecule has 4 rings (SSSR count). The Morgan fingerprint density at radius 1 is 1.24 bits per heavy atom. The van der Waals surface area contributed by atoms with Gasteiger partial charge >= 0.3 is 5.97 Å². The number of hydrogen-bond acceptors (Lipinski definition) is 8. The molecule has 8 nitrogen and oxygen atoms in total. The number of carbonyl (C=O) groups is 1. The van der Waals surface area contributed by atoms with Gasteiger partial charge in [0.15, 0.2) is 4.80 Å². The van der Waals surface area contributed by atoms with E-state index in [9.17, 15) is 14.7 Å². The first-order valence-electron chi connectivity index (χ1n) is 11.2. The molecule has 0 saturated heterocycles. The Hall–Kier alpha value is -2.64. The molecule has 1 N–H and O–H groups in total. The van der Waals surface area contributed by atoms with Crippen molar-refractivity contribution in [3.8, 4) is 17.2 Å². The monoisotopic (exact) mass is 698 g/mol. The van der Waals surface area contributed by atoms with E-state index in [4.69, 9.17) is 14.2 Å². The average molecular weight is 699 g/mol. The molecule has 0 aliphatic carbocycles. The second-order valence-electron chi connectivity index (χ2n) is 8.47. The second-order valence-corrected chi connectivity index (χ2v) is 11.6. The number of halogens is 2. The van der Waals surface area contributed by atoms with E-state index in [1.165, 1.54) is 30.1 Å². The van der Waals surface area contributed by atoms with Crippen LogP contribution in [0.3, 0.4) is 0 Å². The standard InChI is InChI=1S/C26H24BrIN2O6S/c1-12(2)36-25(33)21-13(3)29-26-30(22(21)17-11-16(34-4)6-7-19(17)35-5)24(32)20(37-26)9-14-8-15(27)10-18(28)23(14)31/h6-12,22,31H,1-5H3/b20-9-/t22-/m1/s1. The summed E-state index contributed by atoms with van der Waals surface area (Å²) in [5.74, 6) is 0.513. The topological polar surface area (TPSA) is 99.4 Å². The van der Waals surface area contributed by atoms with Gasteiger partial charge in [-0.3, -0.25) is 9.36 Å². The van der Waals surface area contributed by atoms with Gasteiger partial charge in [0.25, 0.3) is 5.56 Å². The lowest BCUT2D eigenvalue weighted by Crippen LogP contribution is -2.40. The molecule has 2 aromatic carbocycles. The Kier molecular flexibility index (Phi) is 8.14. The third-order valence-corrected chi connectivity index (χ3v) is 7.92. The summed E-state index contributed by atoms with van der Waals surface area (Å²) in [6.07, 6.45) is 1.25. The number of rotatable bonds is 6. The normalized spacial score (nSPS) is 15.5. The first-order valence-corrected chi connectivity index (χ1v) is 13.9. The van der Waals surface area contributed by atoms with Crippen LogP contribution in [0.15, 0.2) is 55.9 Å². The average Bonchev–Trinajstić information content (AvgIpc) is 3.14. The Balaban J connectivity index is 2.04. The zero-order valence-corrected chi connectivity index (χ0v) is 25.2. The summed E-state index contributed by atoms with van der Waals surface area (Å²) >= 11 is 6.64. The maximum Gasteiger partial charge on any atom is 0.338 e. The first-order chi connectivity index (χ1) is 17.5. The third kappa shape index (κ3) is 5.34. The van der Waals surface area contributed by atoms with Gasteiger partial charge in [0, 0.05) is 15.6 Å². The van der Waals surface area contributed by atoms with Crippen molar-refractivity contribution < 1.29 is 24.1 Å². The molecule has 0 unspecified atom stereocenters. The molecule has 1 aliphatic rings. The number of nitrogens with zero attached hydrogens (tertiary/aromatic N) is 2. The van der Waals surface area contributed by atoms with Crippen LogP contribution in [0.2, 0.25) is 0 Å². The molecular formula is C26H24BrIN2O6S. The maximum absolute atomic E-state index is 13.9. The molecule has 0 spiro atoms. The first kappa shape index (κ1) is 27.4. The fourth-order valence-electron chi connectivity index (χ4n) is 4.04. The quantitative estimate of drug-likeness (QED) is 0.305. The van der Waals surface area contributed by atoms with E-state index in [2.05, 4.69) is 20.9 Å². The number of aromatic hydroxyl groups is 1. The molecule has 0 fully saturated rings. The number of thiazole rings is 1. The van der Waals surface area contributed by atoms with Crippen molar-refractivity contribution in [1.29, 1.82) is 0 Å². The third-order valence-electron chi connectivity index (χ3n) is 5.66. The van der Waals surface area contributed by atoms with Crippen LogP contribution in [-0.2, 0) is 9.53 Å². The fourth-order valence-corrected chi connectivity index (χ4v) is 6.63. The predicted octanol–water partition coefficient (Wildman–Crippen LogP) is 4.28. The molecule has 3 aromatic rings. The molecule has 194 valence electrons. The van der Waals surface area contributed by atoms with Crippen molar-refractivity contribution in [2.75, 3.05) is 14.2 Å². The Bertz CT molecular complexity index is 1610. The van der Waals surface area contributed by atoms with Gasteiger partial charge in [-0.25, -0.2) is 9.79 Å². The number of esters is 1. The van der Waals surface area contributed by atoms with Gasteiger partial charge in [0.05, 0.1) is 39.7 Å². The van der Waals surface area contributed by atoms with Crippen LogP contribution in [0.5, 0.6) is 17.2 Å². The van der Waals surface area contributed by atoms with Crippen molar-refractivity contribution in [3.63, 3.8) is 0 Å². The maximum atomic E-state index is 13.9. The number of allylic oxidation sites excluding steroid dienone is 1. The van der Waals surface area contributed by atoms with Gasteiger partial charge in [-0.15, -0.1) is 0 Å². The molecule has 0 saturated carbocycles. The van der Waals surface area contributed by atoms with Crippen LogP contribution in [0.1, 0.15) is 37.9 Å². The lowest BCUT2D eigenvalue weighted by molar-refractivity contribution is -0.143. The van der Waals surface area contributed by atoms with Crippen LogP contribution in [0.4, 0.5) is 0 Å². The lowest BCUT2D eigenvalue weighted by atomic mass is 9.94. The highest BCUT2D eigenvalue weighted by Gasteiger charge is 2.35. The summed E-state index contributed by atoms with van der Waals surface area (Å²) in [5, 5.41) is 10.6. The van der Waals surface area contributed by atoms with E-state index in [0.29, 0.717) is 41.2 Å². The minimum Gasteiger partial charge on any atom is -0.506 e. The Morgan fingerprint density at radius 3 is 2.62 bits per heavy atom. The summed E-state index contributed by atoms with van der Waals surface area (Å²) in [7, 11) is 3.06. The minimum atomic E-state index is -0.869. The van der Waals surface area contributed by atoms with Gasteiger partial charge in [0.2, 0.25) is 0 Å². The van der Waals surface area contributed by atoms with Gasteiger partial charge in [0.1, 0.15) is 23.3 Å². The molecule has 0 bridgehead atoms. The zero-order chi connectivity index (χ0) is 27.0. The summed E-state index contributed by atoms with van der Waals surface area (Å²) in [6.45, 7) is 5.24. The number of phenolic OH excluding ortho intramolecular Hbond substituents is 1.